The van der Waals surface area contributed by atoms with Crippen LogP contribution in [0.1, 0.15) is 102 Å². The van der Waals surface area contributed by atoms with E-state index in [9.17, 15) is 14.4 Å². The predicted octanol–water partition coefficient (Wildman–Crippen LogP) is 7.40. The van der Waals surface area contributed by atoms with Crippen molar-refractivity contribution in [2.24, 2.45) is 0 Å². The molecule has 2 aliphatic heterocycles. The maximum atomic E-state index is 13.5. The number of fused-ring (bicyclic) bond motifs is 8. The fourth-order valence-corrected chi connectivity index (χ4v) is 7.45. The number of nitrogens with one attached hydrogen (secondary N) is 2. The van der Waals surface area contributed by atoms with Crippen LogP contribution < -0.4 is 0 Å². The highest BCUT2D eigenvalue weighted by Crippen LogP contribution is 2.44. The Balaban J connectivity index is 1.92. The number of amides is 1. The Labute approximate surface area is 305 Å². The Morgan fingerprint density at radius 2 is 1.69 bits per heavy atom. The van der Waals surface area contributed by atoms with Gasteiger partial charge in [-0.1, -0.05) is 26.5 Å². The topological polar surface area (TPSA) is 130 Å². The molecule has 8 bridgehead atoms. The van der Waals surface area contributed by atoms with Gasteiger partial charge in [0.2, 0.25) is 5.91 Å². The monoisotopic (exact) mass is 711 g/mol. The number of methoxy groups -OCH3 is 2. The van der Waals surface area contributed by atoms with Gasteiger partial charge in [0, 0.05) is 70.7 Å². The number of carbonyl (C=O) groups is 3. The van der Waals surface area contributed by atoms with Crippen molar-refractivity contribution in [1.29, 1.82) is 0 Å². The second-order valence-electron chi connectivity index (χ2n) is 13.4. The van der Waals surface area contributed by atoms with E-state index in [2.05, 4.69) is 62.9 Å². The lowest BCUT2D eigenvalue weighted by atomic mass is 9.84. The number of thiol groups is 1. The number of nitrogens with zero attached hydrogens (tertiary/aromatic N) is 3. The molecule has 0 spiro atoms. The summed E-state index contributed by atoms with van der Waals surface area (Å²) in [7, 11) is 4.48. The molecule has 2 N–H and O–H groups in total. The van der Waals surface area contributed by atoms with Crippen molar-refractivity contribution in [3.8, 4) is 0 Å². The summed E-state index contributed by atoms with van der Waals surface area (Å²) in [4.78, 5) is 59.3. The molecular weight excluding hydrogens is 663 g/mol. The van der Waals surface area contributed by atoms with Gasteiger partial charge < -0.3 is 24.3 Å². The lowest BCUT2D eigenvalue weighted by molar-refractivity contribution is -0.140. The Morgan fingerprint density at radius 1 is 0.980 bits per heavy atom. The molecule has 10 nitrogen and oxygen atoms in total. The molecule has 0 saturated carbocycles. The second-order valence-corrected chi connectivity index (χ2v) is 13.8. The third-order valence-corrected chi connectivity index (χ3v) is 10.7. The van der Waals surface area contributed by atoms with Gasteiger partial charge >= 0.3 is 11.9 Å². The molecule has 0 fully saturated rings. The van der Waals surface area contributed by atoms with Crippen LogP contribution in [-0.2, 0) is 36.7 Å². The summed E-state index contributed by atoms with van der Waals surface area (Å²) < 4.78 is 10.5. The molecular formula is C40H49N5O5S. The summed E-state index contributed by atoms with van der Waals surface area (Å²) >= 11 is 4.30. The molecule has 51 heavy (non-hydrogen) atoms. The van der Waals surface area contributed by atoms with Gasteiger partial charge in [-0.05, 0) is 86.2 Å². The summed E-state index contributed by atoms with van der Waals surface area (Å²) in [6.07, 6.45) is 4.01. The Kier molecular flexibility index (Phi) is 11.6. The number of hydrogen-bond donors (Lipinski definition) is 3. The van der Waals surface area contributed by atoms with Crippen molar-refractivity contribution in [1.82, 2.24) is 24.8 Å². The average Bonchev–Trinajstić information content (AvgIpc) is 3.80. The molecule has 0 saturated heterocycles. The van der Waals surface area contributed by atoms with Gasteiger partial charge in [0.05, 0.1) is 43.3 Å². The van der Waals surface area contributed by atoms with Crippen LogP contribution in [0.4, 0.5) is 0 Å². The highest BCUT2D eigenvalue weighted by molar-refractivity contribution is 7.80. The number of ether oxygens (including phenoxy) is 2. The van der Waals surface area contributed by atoms with Crippen LogP contribution in [0, 0.1) is 13.8 Å². The fraction of sp³-hybridized carbons (Fsp3) is 0.425. The lowest BCUT2D eigenvalue weighted by Crippen LogP contribution is -2.28. The highest BCUT2D eigenvalue weighted by Gasteiger charge is 2.36. The standard InChI is InChI=1S/C40H49N5O5S/c1-10-25-21(3)29-18-31-23(5)27(13-14-35(46)45(7)15-12-16-51)38(43-31)28(17-36(47)49-8)39-37(40(48)50-9)24(6)32(44-39)20-34-26(11-2)22(4)30(42-34)19-33(25)41-29/h10,18-20,23,27,41-42,51H,1,11-17H2,2-9H3/t23-,27-/m0/s1. The van der Waals surface area contributed by atoms with E-state index in [0.717, 1.165) is 62.9 Å². The molecule has 2 atom stereocenters. The van der Waals surface area contributed by atoms with Crippen LogP contribution in [0.3, 0.4) is 0 Å². The van der Waals surface area contributed by atoms with Crippen LogP contribution in [0.2, 0.25) is 0 Å². The molecule has 0 aliphatic carbocycles. The minimum atomic E-state index is -0.562. The van der Waals surface area contributed by atoms with Crippen molar-refractivity contribution < 1.29 is 23.9 Å². The molecule has 0 radical (unpaired) electrons. The molecule has 3 aromatic rings. The first kappa shape index (κ1) is 37.6. The van der Waals surface area contributed by atoms with Gasteiger partial charge in [0.15, 0.2) is 0 Å². The van der Waals surface area contributed by atoms with Crippen LogP contribution in [0.5, 0.6) is 0 Å². The van der Waals surface area contributed by atoms with Gasteiger partial charge in [0.25, 0.3) is 0 Å². The van der Waals surface area contributed by atoms with Gasteiger partial charge in [0.1, 0.15) is 0 Å². The second kappa shape index (κ2) is 15.7. The number of aromatic amines is 2. The molecule has 1 amide bonds. The minimum Gasteiger partial charge on any atom is -0.469 e. The normalized spacial score (nSPS) is 15.5. The van der Waals surface area contributed by atoms with E-state index in [1.807, 2.05) is 25.1 Å². The zero-order valence-electron chi connectivity index (χ0n) is 31.0. The Hall–Kier alpha value is -4.64. The number of esters is 2. The van der Waals surface area contributed by atoms with Crippen molar-refractivity contribution >= 4 is 69.8 Å². The van der Waals surface area contributed by atoms with E-state index < -0.39 is 11.9 Å². The van der Waals surface area contributed by atoms with Crippen molar-refractivity contribution in [2.45, 2.75) is 78.6 Å². The third-order valence-electron chi connectivity index (χ3n) is 10.4. The summed E-state index contributed by atoms with van der Waals surface area (Å²) in [5.74, 6) is -0.741. The van der Waals surface area contributed by atoms with E-state index in [0.29, 0.717) is 46.9 Å². The van der Waals surface area contributed by atoms with Crippen molar-refractivity contribution in [3.05, 3.63) is 75.4 Å². The molecule has 2 aliphatic rings. The average molecular weight is 712 g/mol. The number of carbonyl (C=O) groups excluding carboxylic acids is 3. The van der Waals surface area contributed by atoms with E-state index in [1.54, 1.807) is 11.9 Å². The summed E-state index contributed by atoms with van der Waals surface area (Å²) in [6.45, 7) is 14.9. The predicted molar refractivity (Wildman–Crippen MR) is 207 cm³/mol. The van der Waals surface area contributed by atoms with Crippen LogP contribution in [-0.4, -0.2) is 76.2 Å². The fourth-order valence-electron chi connectivity index (χ4n) is 7.30. The van der Waals surface area contributed by atoms with Crippen LogP contribution in [0.15, 0.2) is 24.8 Å². The highest BCUT2D eigenvalue weighted by atomic mass is 32.1. The van der Waals surface area contributed by atoms with Gasteiger partial charge in [-0.3, -0.25) is 14.6 Å². The summed E-state index contributed by atoms with van der Waals surface area (Å²) in [5, 5.41) is 0. The molecule has 270 valence electrons. The number of hydrogen-bond acceptors (Lipinski definition) is 8. The minimum absolute atomic E-state index is 0.0197. The summed E-state index contributed by atoms with van der Waals surface area (Å²) in [5.41, 5.74) is 11.6. The number of allylic oxidation sites excluding steroid dienone is 1. The van der Waals surface area contributed by atoms with E-state index >= 15 is 0 Å². The largest absolute Gasteiger partial charge is 0.469 e. The quantitative estimate of drug-likeness (QED) is 0.140. The van der Waals surface area contributed by atoms with Gasteiger partial charge in [-0.2, -0.15) is 12.6 Å². The number of aromatic nitrogens is 4. The SMILES string of the molecule is C=Cc1c(C)c2cc3nc(c(CC(=O)OC)c4nc(cc5[nH]c(cc1[nH]2)c(C)c5CC)C(C)=C4C(=O)OC)[C@@H](CCC(=O)N(C)CCCS)[C@@H]3C. The maximum Gasteiger partial charge on any atom is 0.340 e. The molecule has 0 aromatic carbocycles. The Bertz CT molecular complexity index is 2090. The number of aryl methyl sites for hydroxylation is 3. The molecule has 5 heterocycles. The zero-order chi connectivity index (χ0) is 37.1. The molecule has 11 heteroatoms. The first-order valence-corrected chi connectivity index (χ1v) is 18.1. The first-order chi connectivity index (χ1) is 24.4. The first-order valence-electron chi connectivity index (χ1n) is 17.5. The van der Waals surface area contributed by atoms with Crippen molar-refractivity contribution in [3.63, 3.8) is 0 Å². The molecule has 0 unspecified atom stereocenters. The maximum absolute atomic E-state index is 13.5. The van der Waals surface area contributed by atoms with Crippen LogP contribution >= 0.6 is 12.6 Å². The summed E-state index contributed by atoms with van der Waals surface area (Å²) in [6, 6.07) is 6.10. The zero-order valence-corrected chi connectivity index (χ0v) is 31.8. The van der Waals surface area contributed by atoms with Crippen LogP contribution in [0.25, 0.3) is 39.3 Å². The smallest absolute Gasteiger partial charge is 0.340 e. The van der Waals surface area contributed by atoms with E-state index in [4.69, 9.17) is 19.4 Å². The lowest BCUT2D eigenvalue weighted by Gasteiger charge is -2.21. The molecule has 3 aromatic heterocycles. The number of rotatable bonds is 11. The van der Waals surface area contributed by atoms with E-state index in [1.165, 1.54) is 14.2 Å². The third kappa shape index (κ3) is 7.26. The van der Waals surface area contributed by atoms with E-state index in [-0.39, 0.29) is 36.2 Å². The van der Waals surface area contributed by atoms with Gasteiger partial charge in [-0.25, -0.2) is 9.78 Å². The van der Waals surface area contributed by atoms with Gasteiger partial charge in [-0.15, -0.1) is 0 Å². The number of H-pyrrole nitrogens is 2. The van der Waals surface area contributed by atoms with Crippen molar-refractivity contribution in [2.75, 3.05) is 33.6 Å². The molecule has 5 rings (SSSR count). The Morgan fingerprint density at radius 3 is 2.33 bits per heavy atom.